The molecule has 1 amide bonds. The summed E-state index contributed by atoms with van der Waals surface area (Å²) in [5.74, 6) is -4.01. The first-order chi connectivity index (χ1) is 12.5. The minimum atomic E-state index is -4.57. The summed E-state index contributed by atoms with van der Waals surface area (Å²) in [7, 11) is 0. The summed E-state index contributed by atoms with van der Waals surface area (Å²) in [6.45, 7) is 3.12. The summed E-state index contributed by atoms with van der Waals surface area (Å²) in [4.78, 5) is 34.9. The highest BCUT2D eigenvalue weighted by Gasteiger charge is 2.32. The van der Waals surface area contributed by atoms with Gasteiger partial charge in [-0.3, -0.25) is 9.59 Å². The number of carbonyl (C=O) groups excluding carboxylic acids is 2. The Kier molecular flexibility index (Phi) is 7.77. The van der Waals surface area contributed by atoms with E-state index in [0.29, 0.717) is 12.1 Å². The lowest BCUT2D eigenvalue weighted by Crippen LogP contribution is -2.44. The molecule has 1 aromatic rings. The predicted molar refractivity (Wildman–Crippen MR) is 86.4 cm³/mol. The zero-order valence-corrected chi connectivity index (χ0v) is 14.6. The quantitative estimate of drug-likeness (QED) is 0.584. The summed E-state index contributed by atoms with van der Waals surface area (Å²) >= 11 is 0. The molecule has 150 valence electrons. The molecule has 27 heavy (non-hydrogen) atoms. The molecule has 0 aliphatic carbocycles. The monoisotopic (exact) mass is 391 g/mol. The van der Waals surface area contributed by atoms with Gasteiger partial charge in [0.2, 0.25) is 0 Å². The molecule has 0 aromatic heterocycles. The van der Waals surface area contributed by atoms with E-state index in [1.807, 2.05) is 0 Å². The largest absolute Gasteiger partial charge is 0.480 e. The number of benzene rings is 1. The van der Waals surface area contributed by atoms with Crippen molar-refractivity contribution in [3.05, 3.63) is 35.4 Å². The van der Waals surface area contributed by atoms with Crippen LogP contribution < -0.4 is 5.32 Å². The lowest BCUT2D eigenvalue weighted by atomic mass is 10.0. The van der Waals surface area contributed by atoms with Gasteiger partial charge in [-0.25, -0.2) is 4.79 Å². The Balaban J connectivity index is 2.80. The lowest BCUT2D eigenvalue weighted by Gasteiger charge is -2.20. The number of aliphatic hydroxyl groups excluding tert-OH is 1. The van der Waals surface area contributed by atoms with E-state index in [4.69, 9.17) is 4.74 Å². The molecular weight excluding hydrogens is 371 g/mol. The third kappa shape index (κ3) is 6.55. The standard InChI is InChI=1S/C17H20F3NO6/c1-3-27-16(26)9(2)8-12(15(24)25)21-14(23)13(22)10-4-6-11(7-5-10)17(18,19)20/h4-7,9,12-13,22H,3,8H2,1-2H3,(H,21,23)(H,24,25)/t9-,12+,13-/m0/s1. The number of halogens is 3. The summed E-state index contributed by atoms with van der Waals surface area (Å²) in [6.07, 6.45) is -6.71. The van der Waals surface area contributed by atoms with Gasteiger partial charge in [0.25, 0.3) is 5.91 Å². The van der Waals surface area contributed by atoms with Crippen LogP contribution in [-0.2, 0) is 25.3 Å². The zero-order chi connectivity index (χ0) is 20.8. The van der Waals surface area contributed by atoms with E-state index in [1.54, 1.807) is 6.92 Å². The van der Waals surface area contributed by atoms with Crippen molar-refractivity contribution in [2.75, 3.05) is 6.61 Å². The van der Waals surface area contributed by atoms with Gasteiger partial charge in [-0.1, -0.05) is 19.1 Å². The van der Waals surface area contributed by atoms with Gasteiger partial charge in [0, 0.05) is 0 Å². The van der Waals surface area contributed by atoms with E-state index < -0.39 is 47.6 Å². The van der Waals surface area contributed by atoms with E-state index >= 15 is 0 Å². The SMILES string of the molecule is CCOC(=O)[C@@H](C)C[C@@H](NC(=O)[C@@H](O)c1ccc(C(F)(F)F)cc1)C(=O)O. The maximum absolute atomic E-state index is 12.5. The van der Waals surface area contributed by atoms with Crippen molar-refractivity contribution in [1.82, 2.24) is 5.32 Å². The van der Waals surface area contributed by atoms with Gasteiger partial charge in [0.1, 0.15) is 6.04 Å². The van der Waals surface area contributed by atoms with Crippen molar-refractivity contribution >= 4 is 17.8 Å². The highest BCUT2D eigenvalue weighted by molar-refractivity contribution is 5.87. The number of nitrogens with one attached hydrogen (secondary N) is 1. The molecule has 0 unspecified atom stereocenters. The van der Waals surface area contributed by atoms with Crippen LogP contribution in [0.2, 0.25) is 0 Å². The molecule has 0 aliphatic heterocycles. The second kappa shape index (κ2) is 9.36. The van der Waals surface area contributed by atoms with Crippen LogP contribution in [0.3, 0.4) is 0 Å². The van der Waals surface area contributed by atoms with Crippen molar-refractivity contribution in [2.24, 2.45) is 5.92 Å². The normalized spacial score (nSPS) is 14.7. The number of esters is 1. The van der Waals surface area contributed by atoms with Gasteiger partial charge < -0.3 is 20.3 Å². The van der Waals surface area contributed by atoms with Crippen LogP contribution in [0.15, 0.2) is 24.3 Å². The summed E-state index contributed by atoms with van der Waals surface area (Å²) < 4.78 is 42.4. The number of rotatable bonds is 8. The van der Waals surface area contributed by atoms with Crippen LogP contribution in [0.4, 0.5) is 13.2 Å². The maximum atomic E-state index is 12.5. The average Bonchev–Trinajstić information content (AvgIpc) is 2.59. The fourth-order valence-electron chi connectivity index (χ4n) is 2.21. The highest BCUT2D eigenvalue weighted by Crippen LogP contribution is 2.30. The van der Waals surface area contributed by atoms with Crippen LogP contribution in [0.1, 0.15) is 37.5 Å². The Hall–Kier alpha value is -2.62. The molecule has 10 heteroatoms. The third-order valence-electron chi connectivity index (χ3n) is 3.69. The average molecular weight is 391 g/mol. The smallest absolute Gasteiger partial charge is 0.416 e. The van der Waals surface area contributed by atoms with Crippen LogP contribution in [-0.4, -0.2) is 40.7 Å². The van der Waals surface area contributed by atoms with Gasteiger partial charge in [0.05, 0.1) is 18.1 Å². The molecule has 0 aliphatic rings. The van der Waals surface area contributed by atoms with E-state index in [0.717, 1.165) is 12.1 Å². The maximum Gasteiger partial charge on any atom is 0.416 e. The molecule has 0 saturated heterocycles. The third-order valence-corrected chi connectivity index (χ3v) is 3.69. The second-order valence-electron chi connectivity index (χ2n) is 5.81. The van der Waals surface area contributed by atoms with Crippen molar-refractivity contribution in [3.8, 4) is 0 Å². The van der Waals surface area contributed by atoms with Crippen molar-refractivity contribution < 1.29 is 42.5 Å². The summed E-state index contributed by atoms with van der Waals surface area (Å²) in [5.41, 5.74) is -1.09. The molecule has 0 heterocycles. The van der Waals surface area contributed by atoms with Gasteiger partial charge in [-0.2, -0.15) is 13.2 Å². The molecular formula is C17H20F3NO6. The first-order valence-corrected chi connectivity index (χ1v) is 8.02. The molecule has 1 rings (SSSR count). The molecule has 7 nitrogen and oxygen atoms in total. The van der Waals surface area contributed by atoms with Crippen molar-refractivity contribution in [3.63, 3.8) is 0 Å². The van der Waals surface area contributed by atoms with Crippen LogP contribution in [0, 0.1) is 5.92 Å². The first kappa shape index (κ1) is 22.4. The zero-order valence-electron chi connectivity index (χ0n) is 14.6. The molecule has 3 atom stereocenters. The lowest BCUT2D eigenvalue weighted by molar-refractivity contribution is -0.150. The van der Waals surface area contributed by atoms with Gasteiger partial charge in [-0.15, -0.1) is 0 Å². The van der Waals surface area contributed by atoms with E-state index in [1.165, 1.54) is 6.92 Å². The second-order valence-corrected chi connectivity index (χ2v) is 5.81. The highest BCUT2D eigenvalue weighted by atomic mass is 19.4. The molecule has 0 fully saturated rings. The molecule has 0 spiro atoms. The number of aliphatic hydroxyl groups is 1. The number of ether oxygens (including phenoxy) is 1. The number of amides is 1. The van der Waals surface area contributed by atoms with Crippen molar-refractivity contribution in [1.29, 1.82) is 0 Å². The molecule has 0 saturated carbocycles. The number of hydrogen-bond acceptors (Lipinski definition) is 5. The Morgan fingerprint density at radius 1 is 1.19 bits per heavy atom. The Morgan fingerprint density at radius 2 is 1.74 bits per heavy atom. The number of hydrogen-bond donors (Lipinski definition) is 3. The first-order valence-electron chi connectivity index (χ1n) is 8.02. The fraction of sp³-hybridized carbons (Fsp3) is 0.471. The number of aliphatic carboxylic acids is 1. The molecule has 0 bridgehead atoms. The summed E-state index contributed by atoms with van der Waals surface area (Å²) in [6, 6.07) is 1.75. The topological polar surface area (TPSA) is 113 Å². The predicted octanol–water partition coefficient (Wildman–Crippen LogP) is 1.90. The van der Waals surface area contributed by atoms with E-state index in [9.17, 15) is 37.8 Å². The van der Waals surface area contributed by atoms with Crippen LogP contribution in [0.5, 0.6) is 0 Å². The van der Waals surface area contributed by atoms with Gasteiger partial charge in [0.15, 0.2) is 6.10 Å². The van der Waals surface area contributed by atoms with Gasteiger partial charge in [-0.05, 0) is 31.0 Å². The van der Waals surface area contributed by atoms with Crippen LogP contribution in [0.25, 0.3) is 0 Å². The minimum Gasteiger partial charge on any atom is -0.480 e. The minimum absolute atomic E-state index is 0.111. The van der Waals surface area contributed by atoms with E-state index in [-0.39, 0.29) is 18.6 Å². The molecule has 3 N–H and O–H groups in total. The van der Waals surface area contributed by atoms with Crippen LogP contribution >= 0.6 is 0 Å². The molecule has 0 radical (unpaired) electrons. The van der Waals surface area contributed by atoms with Crippen molar-refractivity contribution in [2.45, 2.75) is 38.6 Å². The number of carboxylic acid groups (broad SMARTS) is 1. The Labute approximate surface area is 153 Å². The van der Waals surface area contributed by atoms with Gasteiger partial charge >= 0.3 is 18.1 Å². The number of carboxylic acids is 1. The Morgan fingerprint density at radius 3 is 2.19 bits per heavy atom. The molecule has 1 aromatic carbocycles. The number of alkyl halides is 3. The number of carbonyl (C=O) groups is 3. The fourth-order valence-corrected chi connectivity index (χ4v) is 2.21. The Bertz CT molecular complexity index is 674. The summed E-state index contributed by atoms with van der Waals surface area (Å²) in [5, 5.41) is 21.2. The van der Waals surface area contributed by atoms with E-state index in [2.05, 4.69) is 5.32 Å².